The summed E-state index contributed by atoms with van der Waals surface area (Å²) >= 11 is 0. The van der Waals surface area contributed by atoms with Gasteiger partial charge in [0.1, 0.15) is 18.4 Å². The second kappa shape index (κ2) is 14.1. The van der Waals surface area contributed by atoms with Gasteiger partial charge >= 0.3 is 0 Å². The maximum Gasteiger partial charge on any atom is 0.264 e. The first-order valence-electron chi connectivity index (χ1n) is 14.1. The number of carbonyl (C=O) groups excluding carboxylic acids is 2. The molecule has 0 aliphatic heterocycles. The smallest absolute Gasteiger partial charge is 0.264 e. The van der Waals surface area contributed by atoms with Gasteiger partial charge in [0.15, 0.2) is 0 Å². The Kier molecular flexibility index (Phi) is 10.3. The molecule has 0 aliphatic rings. The molecule has 4 aromatic carbocycles. The summed E-state index contributed by atoms with van der Waals surface area (Å²) in [4.78, 5) is 29.3. The lowest BCUT2D eigenvalue weighted by atomic mass is 10.0. The van der Waals surface area contributed by atoms with Crippen molar-refractivity contribution in [1.29, 1.82) is 0 Å². The van der Waals surface area contributed by atoms with Gasteiger partial charge in [-0.1, -0.05) is 78.9 Å². The van der Waals surface area contributed by atoms with Crippen molar-refractivity contribution >= 4 is 27.5 Å². The lowest BCUT2D eigenvalue weighted by Gasteiger charge is -2.34. The van der Waals surface area contributed by atoms with Gasteiger partial charge in [-0.2, -0.15) is 0 Å². The molecule has 0 radical (unpaired) electrons. The van der Waals surface area contributed by atoms with E-state index >= 15 is 0 Å². The minimum Gasteiger partial charge on any atom is -0.352 e. The number of hydrogen-bond donors (Lipinski definition) is 1. The molecule has 0 saturated carbocycles. The molecule has 224 valence electrons. The van der Waals surface area contributed by atoms with E-state index in [9.17, 15) is 22.4 Å². The topological polar surface area (TPSA) is 86.8 Å². The van der Waals surface area contributed by atoms with Crippen LogP contribution in [0.5, 0.6) is 0 Å². The van der Waals surface area contributed by atoms with Crippen LogP contribution in [0, 0.1) is 12.7 Å². The molecule has 0 spiro atoms. The fourth-order valence-electron chi connectivity index (χ4n) is 4.78. The summed E-state index contributed by atoms with van der Waals surface area (Å²) in [7, 11) is -4.19. The van der Waals surface area contributed by atoms with Gasteiger partial charge in [0, 0.05) is 24.6 Å². The summed E-state index contributed by atoms with van der Waals surface area (Å²) in [5.41, 5.74) is 2.11. The highest BCUT2D eigenvalue weighted by Gasteiger charge is 2.35. The third-order valence-electron chi connectivity index (χ3n) is 6.90. The Bertz CT molecular complexity index is 1650. The summed E-state index contributed by atoms with van der Waals surface area (Å²) in [6.07, 6.45) is 0.148. The molecule has 1 N–H and O–H groups in total. The average Bonchev–Trinajstić information content (AvgIpc) is 2.99. The number of anilines is 1. The molecule has 2 amide bonds. The molecule has 0 heterocycles. The number of aryl methyl sites for hydroxylation is 1. The number of amides is 2. The van der Waals surface area contributed by atoms with E-state index in [1.54, 1.807) is 54.6 Å². The van der Waals surface area contributed by atoms with Gasteiger partial charge in [-0.3, -0.25) is 13.9 Å². The van der Waals surface area contributed by atoms with Gasteiger partial charge in [-0.25, -0.2) is 12.8 Å². The lowest BCUT2D eigenvalue weighted by molar-refractivity contribution is -0.140. The fraction of sp³-hybridized carbons (Fsp3) is 0.235. The standard InChI is InChI=1S/C34H36FN3O4S/c1-25(2)36-34(40)32(22-27-14-6-4-7-15-27)37(23-28-16-10-11-20-31(28)35)33(39)24-38(29-17-12-13-26(3)21-29)43(41,42)30-18-8-5-9-19-30/h4-21,25,32H,22-24H2,1-3H3,(H,36,40)/t32-/m0/s1. The number of hydrogen-bond acceptors (Lipinski definition) is 4. The molecule has 4 aromatic rings. The molecule has 0 aliphatic carbocycles. The molecular weight excluding hydrogens is 565 g/mol. The first-order chi connectivity index (χ1) is 20.6. The SMILES string of the molecule is Cc1cccc(N(CC(=O)N(Cc2ccccc2F)[C@@H](Cc2ccccc2)C(=O)NC(C)C)S(=O)(=O)c2ccccc2)c1. The highest BCUT2D eigenvalue weighted by Crippen LogP contribution is 2.26. The Morgan fingerprint density at radius 2 is 1.47 bits per heavy atom. The van der Waals surface area contributed by atoms with Gasteiger partial charge in [-0.05, 0) is 62.2 Å². The highest BCUT2D eigenvalue weighted by atomic mass is 32.2. The average molecular weight is 602 g/mol. The van der Waals surface area contributed by atoms with E-state index in [-0.39, 0.29) is 29.5 Å². The van der Waals surface area contributed by atoms with Crippen LogP contribution >= 0.6 is 0 Å². The van der Waals surface area contributed by atoms with Gasteiger partial charge in [0.25, 0.3) is 10.0 Å². The lowest BCUT2D eigenvalue weighted by Crippen LogP contribution is -2.54. The number of benzene rings is 4. The van der Waals surface area contributed by atoms with Crippen molar-refractivity contribution in [2.75, 3.05) is 10.8 Å². The van der Waals surface area contributed by atoms with E-state index in [2.05, 4.69) is 5.32 Å². The van der Waals surface area contributed by atoms with Crippen molar-refractivity contribution in [2.45, 2.75) is 50.7 Å². The second-order valence-electron chi connectivity index (χ2n) is 10.6. The predicted molar refractivity (Wildman–Crippen MR) is 166 cm³/mol. The third kappa shape index (κ3) is 8.08. The number of carbonyl (C=O) groups is 2. The third-order valence-corrected chi connectivity index (χ3v) is 8.69. The monoisotopic (exact) mass is 601 g/mol. The molecule has 0 saturated heterocycles. The van der Waals surface area contributed by atoms with Gasteiger partial charge in [0.2, 0.25) is 11.8 Å². The fourth-order valence-corrected chi connectivity index (χ4v) is 6.20. The molecule has 0 unspecified atom stereocenters. The van der Waals surface area contributed by atoms with E-state index in [0.29, 0.717) is 5.69 Å². The number of rotatable bonds is 12. The first-order valence-corrected chi connectivity index (χ1v) is 15.5. The van der Waals surface area contributed by atoms with E-state index in [4.69, 9.17) is 0 Å². The van der Waals surface area contributed by atoms with Crippen LogP contribution in [0.25, 0.3) is 0 Å². The number of sulfonamides is 1. The second-order valence-corrected chi connectivity index (χ2v) is 12.5. The van der Waals surface area contributed by atoms with Gasteiger partial charge in [0.05, 0.1) is 10.6 Å². The van der Waals surface area contributed by atoms with Crippen molar-refractivity contribution in [3.63, 3.8) is 0 Å². The van der Waals surface area contributed by atoms with Crippen LogP contribution in [-0.4, -0.2) is 43.8 Å². The molecule has 43 heavy (non-hydrogen) atoms. The summed E-state index contributed by atoms with van der Waals surface area (Å²) in [6.45, 7) is 4.62. The van der Waals surface area contributed by atoms with E-state index in [1.165, 1.54) is 23.1 Å². The molecule has 1 atom stereocenters. The Labute approximate surface area is 253 Å². The van der Waals surface area contributed by atoms with Crippen LogP contribution in [0.3, 0.4) is 0 Å². The summed E-state index contributed by atoms with van der Waals surface area (Å²) < 4.78 is 43.9. The summed E-state index contributed by atoms with van der Waals surface area (Å²) in [5.74, 6) is -1.60. The van der Waals surface area contributed by atoms with Crippen LogP contribution in [-0.2, 0) is 32.6 Å². The van der Waals surface area contributed by atoms with E-state index in [1.807, 2.05) is 57.2 Å². The molecule has 9 heteroatoms. The normalized spacial score (nSPS) is 12.0. The van der Waals surface area contributed by atoms with E-state index in [0.717, 1.165) is 15.4 Å². The molecule has 4 rings (SSSR count). The van der Waals surface area contributed by atoms with Crippen LogP contribution in [0.1, 0.15) is 30.5 Å². The number of nitrogens with one attached hydrogen (secondary N) is 1. The molecule has 0 aromatic heterocycles. The summed E-state index contributed by atoms with van der Waals surface area (Å²) in [6, 6.07) is 28.7. The zero-order valence-corrected chi connectivity index (χ0v) is 25.3. The van der Waals surface area contributed by atoms with Crippen molar-refractivity contribution in [1.82, 2.24) is 10.2 Å². The maximum atomic E-state index is 15.0. The molecule has 0 bridgehead atoms. The zero-order valence-electron chi connectivity index (χ0n) is 24.5. The number of nitrogens with zero attached hydrogens (tertiary/aromatic N) is 2. The molecule has 0 fully saturated rings. The quantitative estimate of drug-likeness (QED) is 0.233. The maximum absolute atomic E-state index is 15.0. The highest BCUT2D eigenvalue weighted by molar-refractivity contribution is 7.92. The van der Waals surface area contributed by atoms with Crippen molar-refractivity contribution in [3.05, 3.63) is 132 Å². The zero-order chi connectivity index (χ0) is 31.0. The summed E-state index contributed by atoms with van der Waals surface area (Å²) in [5, 5.41) is 2.89. The predicted octanol–water partition coefficient (Wildman–Crippen LogP) is 5.49. The Morgan fingerprint density at radius 1 is 0.837 bits per heavy atom. The minimum atomic E-state index is -4.19. The van der Waals surface area contributed by atoms with Crippen LogP contribution in [0.2, 0.25) is 0 Å². The van der Waals surface area contributed by atoms with Crippen LogP contribution in [0.4, 0.5) is 10.1 Å². The van der Waals surface area contributed by atoms with Crippen molar-refractivity contribution < 1.29 is 22.4 Å². The molecular formula is C34H36FN3O4S. The van der Waals surface area contributed by atoms with Crippen molar-refractivity contribution in [3.8, 4) is 0 Å². The largest absolute Gasteiger partial charge is 0.352 e. The first kappa shape index (κ1) is 31.4. The van der Waals surface area contributed by atoms with Crippen LogP contribution in [0.15, 0.2) is 114 Å². The minimum absolute atomic E-state index is 0.0170. The van der Waals surface area contributed by atoms with Gasteiger partial charge < -0.3 is 10.2 Å². The molecule has 7 nitrogen and oxygen atoms in total. The Hall–Kier alpha value is -4.50. The van der Waals surface area contributed by atoms with Crippen LogP contribution < -0.4 is 9.62 Å². The van der Waals surface area contributed by atoms with Crippen molar-refractivity contribution in [2.24, 2.45) is 0 Å². The van der Waals surface area contributed by atoms with Gasteiger partial charge in [-0.15, -0.1) is 0 Å². The van der Waals surface area contributed by atoms with E-state index < -0.39 is 40.2 Å². The Morgan fingerprint density at radius 3 is 2.09 bits per heavy atom. The number of halogens is 1. The Balaban J connectivity index is 1.81.